The second kappa shape index (κ2) is 5.05. The van der Waals surface area contributed by atoms with Gasteiger partial charge in [0.2, 0.25) is 10.0 Å². The molecule has 0 saturated carbocycles. The maximum atomic E-state index is 12.5. The number of hydrogen-bond acceptors (Lipinski definition) is 4. The molecule has 0 aromatic heterocycles. The molecule has 8 heteroatoms. The molecule has 5 nitrogen and oxygen atoms in total. The molecule has 2 rings (SSSR count). The maximum Gasteiger partial charge on any atom is 0.262 e. The van der Waals surface area contributed by atoms with Gasteiger partial charge >= 0.3 is 0 Å². The Morgan fingerprint density at radius 3 is 2.21 bits per heavy atom. The van der Waals surface area contributed by atoms with Gasteiger partial charge in [-0.1, -0.05) is 19.1 Å². The van der Waals surface area contributed by atoms with E-state index in [9.17, 15) is 16.8 Å². The predicted octanol–water partition coefficient (Wildman–Crippen LogP) is 1.64. The number of rotatable bonds is 3. The van der Waals surface area contributed by atoms with E-state index in [2.05, 4.69) is 0 Å². The SMILES string of the molecule is CC1CCN(S(=O)(=O)c2ccccc2S(=O)(=O)Cl)C1. The van der Waals surface area contributed by atoms with Crippen LogP contribution < -0.4 is 0 Å². The summed E-state index contributed by atoms with van der Waals surface area (Å²) in [4.78, 5) is -0.615. The Hall–Kier alpha value is -0.630. The maximum absolute atomic E-state index is 12.5. The largest absolute Gasteiger partial charge is 0.262 e. The third-order valence-electron chi connectivity index (χ3n) is 3.12. The molecule has 1 aromatic carbocycles. The monoisotopic (exact) mass is 323 g/mol. The van der Waals surface area contributed by atoms with Crippen molar-refractivity contribution in [2.75, 3.05) is 13.1 Å². The fourth-order valence-electron chi connectivity index (χ4n) is 2.12. The molecule has 1 saturated heterocycles. The fourth-order valence-corrected chi connectivity index (χ4v) is 5.50. The van der Waals surface area contributed by atoms with Crippen LogP contribution in [0.15, 0.2) is 34.1 Å². The van der Waals surface area contributed by atoms with Crippen molar-refractivity contribution in [2.45, 2.75) is 23.1 Å². The van der Waals surface area contributed by atoms with E-state index < -0.39 is 19.1 Å². The number of sulfonamides is 1. The average molecular weight is 324 g/mol. The van der Waals surface area contributed by atoms with Gasteiger partial charge in [0.15, 0.2) is 0 Å². The highest BCUT2D eigenvalue weighted by molar-refractivity contribution is 8.14. The standard InChI is InChI=1S/C11H14ClNO4S2/c1-9-6-7-13(8-9)19(16,17)11-5-3-2-4-10(11)18(12,14)15/h2-5,9H,6-8H2,1H3. The summed E-state index contributed by atoms with van der Waals surface area (Å²) in [6.45, 7) is 2.76. The van der Waals surface area contributed by atoms with Crippen LogP contribution in [0.25, 0.3) is 0 Å². The zero-order valence-electron chi connectivity index (χ0n) is 10.3. The first-order valence-electron chi connectivity index (χ1n) is 5.77. The van der Waals surface area contributed by atoms with Gasteiger partial charge in [-0.25, -0.2) is 16.8 Å². The minimum atomic E-state index is -4.09. The molecule has 0 radical (unpaired) electrons. The molecule has 1 aliphatic rings. The highest BCUT2D eigenvalue weighted by Gasteiger charge is 2.34. The molecule has 1 unspecified atom stereocenters. The van der Waals surface area contributed by atoms with E-state index >= 15 is 0 Å². The summed E-state index contributed by atoms with van der Waals surface area (Å²) < 4.78 is 49.1. The Balaban J connectivity index is 2.53. The van der Waals surface area contributed by atoms with Crippen molar-refractivity contribution in [3.05, 3.63) is 24.3 Å². The van der Waals surface area contributed by atoms with E-state index in [0.29, 0.717) is 13.1 Å². The molecule has 106 valence electrons. The Kier molecular flexibility index (Phi) is 3.92. The third kappa shape index (κ3) is 2.94. The van der Waals surface area contributed by atoms with E-state index in [0.717, 1.165) is 6.42 Å². The first kappa shape index (κ1) is 14.8. The highest BCUT2D eigenvalue weighted by Crippen LogP contribution is 2.29. The summed E-state index contributed by atoms with van der Waals surface area (Å²) in [5, 5.41) is 0. The van der Waals surface area contributed by atoms with Gasteiger partial charge in [0.05, 0.1) is 0 Å². The van der Waals surface area contributed by atoms with Crippen molar-refractivity contribution >= 4 is 29.8 Å². The highest BCUT2D eigenvalue weighted by atomic mass is 35.7. The van der Waals surface area contributed by atoms with Gasteiger partial charge in [0, 0.05) is 23.8 Å². The molecule has 1 aromatic rings. The van der Waals surface area contributed by atoms with Crippen LogP contribution in [0.1, 0.15) is 13.3 Å². The van der Waals surface area contributed by atoms with Gasteiger partial charge in [-0.05, 0) is 24.5 Å². The summed E-state index contributed by atoms with van der Waals surface area (Å²) in [5.74, 6) is 0.273. The summed E-state index contributed by atoms with van der Waals surface area (Å²) in [5.41, 5.74) is 0. The lowest BCUT2D eigenvalue weighted by atomic mass is 10.2. The van der Waals surface area contributed by atoms with Crippen molar-refractivity contribution in [1.82, 2.24) is 4.31 Å². The lowest BCUT2D eigenvalue weighted by Gasteiger charge is -2.17. The van der Waals surface area contributed by atoms with Gasteiger partial charge in [-0.2, -0.15) is 4.31 Å². The van der Waals surface area contributed by atoms with E-state index in [1.54, 1.807) is 0 Å². The fraction of sp³-hybridized carbons (Fsp3) is 0.455. The summed E-state index contributed by atoms with van der Waals surface area (Å²) >= 11 is 0. The number of halogens is 1. The Labute approximate surface area is 117 Å². The zero-order valence-corrected chi connectivity index (χ0v) is 12.7. The van der Waals surface area contributed by atoms with Crippen LogP contribution in [0.2, 0.25) is 0 Å². The Morgan fingerprint density at radius 2 is 1.74 bits per heavy atom. The van der Waals surface area contributed by atoms with Crippen molar-refractivity contribution in [1.29, 1.82) is 0 Å². The molecule has 1 heterocycles. The van der Waals surface area contributed by atoms with Crippen LogP contribution in [-0.2, 0) is 19.1 Å². The van der Waals surface area contributed by atoms with Crippen molar-refractivity contribution in [3.63, 3.8) is 0 Å². The van der Waals surface area contributed by atoms with E-state index in [1.165, 1.54) is 28.6 Å². The first-order valence-corrected chi connectivity index (χ1v) is 9.51. The Bertz CT molecular complexity index is 684. The van der Waals surface area contributed by atoms with Crippen molar-refractivity contribution < 1.29 is 16.8 Å². The van der Waals surface area contributed by atoms with Gasteiger partial charge in [0.1, 0.15) is 9.79 Å². The normalized spacial score (nSPS) is 21.7. The predicted molar refractivity (Wildman–Crippen MR) is 72.0 cm³/mol. The second-order valence-corrected chi connectivity index (χ2v) is 9.08. The summed E-state index contributed by atoms with van der Waals surface area (Å²) in [6.07, 6.45) is 0.773. The van der Waals surface area contributed by atoms with Crippen LogP contribution in [0.5, 0.6) is 0 Å². The summed E-state index contributed by atoms with van der Waals surface area (Å²) in [6, 6.07) is 5.40. The molecule has 0 aliphatic carbocycles. The molecule has 0 amide bonds. The minimum Gasteiger partial charge on any atom is -0.207 e. The topological polar surface area (TPSA) is 71.5 Å². The van der Waals surface area contributed by atoms with Crippen molar-refractivity contribution in [3.8, 4) is 0 Å². The van der Waals surface area contributed by atoms with Gasteiger partial charge < -0.3 is 0 Å². The van der Waals surface area contributed by atoms with Gasteiger partial charge in [0.25, 0.3) is 9.05 Å². The molecule has 1 aliphatic heterocycles. The zero-order chi connectivity index (χ0) is 14.3. The number of hydrogen-bond donors (Lipinski definition) is 0. The lowest BCUT2D eigenvalue weighted by molar-refractivity contribution is 0.462. The van der Waals surface area contributed by atoms with Crippen molar-refractivity contribution in [2.24, 2.45) is 5.92 Å². The van der Waals surface area contributed by atoms with Gasteiger partial charge in [-0.15, -0.1) is 0 Å². The first-order chi connectivity index (χ1) is 8.73. The third-order valence-corrected chi connectivity index (χ3v) is 6.55. The smallest absolute Gasteiger partial charge is 0.207 e. The minimum absolute atomic E-state index is 0.251. The van der Waals surface area contributed by atoms with E-state index in [4.69, 9.17) is 10.7 Å². The van der Waals surface area contributed by atoms with Crippen LogP contribution in [-0.4, -0.2) is 34.2 Å². The average Bonchev–Trinajstić information content (AvgIpc) is 2.75. The molecular formula is C11H14ClNO4S2. The molecule has 0 spiro atoms. The van der Waals surface area contributed by atoms with E-state index in [1.807, 2.05) is 6.92 Å². The molecule has 0 N–H and O–H groups in total. The molecule has 1 fully saturated rings. The van der Waals surface area contributed by atoms with Crippen LogP contribution in [0.4, 0.5) is 0 Å². The molecule has 19 heavy (non-hydrogen) atoms. The molecule has 1 atom stereocenters. The lowest BCUT2D eigenvalue weighted by Crippen LogP contribution is -2.29. The number of benzene rings is 1. The number of nitrogens with zero attached hydrogens (tertiary/aromatic N) is 1. The van der Waals surface area contributed by atoms with Crippen LogP contribution >= 0.6 is 10.7 Å². The molecular weight excluding hydrogens is 310 g/mol. The molecule has 0 bridgehead atoms. The van der Waals surface area contributed by atoms with Crippen LogP contribution in [0.3, 0.4) is 0 Å². The Morgan fingerprint density at radius 1 is 1.16 bits per heavy atom. The second-order valence-electron chi connectivity index (χ2n) is 4.64. The van der Waals surface area contributed by atoms with E-state index in [-0.39, 0.29) is 15.7 Å². The summed E-state index contributed by atoms with van der Waals surface area (Å²) in [7, 11) is -2.61. The quantitative estimate of drug-likeness (QED) is 0.793. The van der Waals surface area contributed by atoms with Gasteiger partial charge in [-0.3, -0.25) is 0 Å². The van der Waals surface area contributed by atoms with Crippen LogP contribution in [0, 0.1) is 5.92 Å².